The van der Waals surface area contributed by atoms with Crippen molar-refractivity contribution < 1.29 is 48.5 Å². The Bertz CT molecular complexity index is 4250. The van der Waals surface area contributed by atoms with Gasteiger partial charge < -0.3 is 57.1 Å². The summed E-state index contributed by atoms with van der Waals surface area (Å²) >= 11 is 0. The van der Waals surface area contributed by atoms with Gasteiger partial charge in [-0.1, -0.05) is 97.1 Å². The number of carboxylic acid groups (broad SMARTS) is 2. The second-order valence-electron chi connectivity index (χ2n) is 24.6. The summed E-state index contributed by atoms with van der Waals surface area (Å²) in [6.07, 6.45) is 19.9. The minimum atomic E-state index is -1.01. The lowest BCUT2D eigenvalue weighted by Crippen LogP contribution is -2.38. The maximum atomic E-state index is 12.4. The number of carbonyl (C=O) groups excluding carboxylic acids is 5. The maximum Gasteiger partial charge on any atom is 0.338 e. The van der Waals surface area contributed by atoms with Gasteiger partial charge in [-0.05, 0) is 103 Å². The standard InChI is InChI=1S/C22H24N8O2.C19H22N4O3.C17H18N4O3.C14H13N3O2/c31-20(30-8-6-18-19(13-30)28-29-27-18)5-7-23-21(32)16-11-24-22(25-12-16)26-17-9-14-3-1-2-4-15(14)10-17;1-2-26-17(24)7-8-20-18(25)15-11-21-19(22-12-15)23-16-9-13-5-3-4-6-14(13)10-16;22-15(23)5-6-18-16(24)13-9-19-17(20-10-13)21-14-7-11-3-1-2-4-12(11)8-14;18-13(19)11-7-15-14(16-8-11)17-12-5-9-3-1-2-4-10(9)6-12/h1-4,11-12,17H,5-10,13H2,(H,23,32)(H,24,25,26)(H,27,28,29);3-6,11-12,16H,2,7-10H2,1H3,(H,20,25)(H,21,22,23);1-4,9-10,14H,5-8H2,(H,18,24)(H,22,23)(H,19,20,21);1-4,7-8,12H,5-6H2,(H,18,19)(H,15,16,17). The highest BCUT2D eigenvalue weighted by Gasteiger charge is 2.27. The number of hydrogen-bond acceptors (Lipinski definition) is 22. The van der Waals surface area contributed by atoms with Gasteiger partial charge in [0, 0.05) is 113 Å². The number of carboxylic acids is 2. The molecular formula is C72H77N19O10. The average Bonchev–Trinajstić information content (AvgIpc) is 1.82. The number of carbonyl (C=O) groups is 7. The first kappa shape index (κ1) is 70.2. The number of esters is 1. The van der Waals surface area contributed by atoms with Crippen molar-refractivity contribution in [3.63, 3.8) is 0 Å². The molecule has 0 saturated heterocycles. The van der Waals surface area contributed by atoms with Gasteiger partial charge >= 0.3 is 17.9 Å². The first-order valence-electron chi connectivity index (χ1n) is 33.4. The highest BCUT2D eigenvalue weighted by atomic mass is 16.5. The molecule has 5 aliphatic rings. The number of amides is 4. The number of benzene rings is 4. The molecule has 10 N–H and O–H groups in total. The van der Waals surface area contributed by atoms with Gasteiger partial charge in [0.05, 0.1) is 53.9 Å². The van der Waals surface area contributed by atoms with Crippen molar-refractivity contribution >= 4 is 65.3 Å². The molecule has 0 radical (unpaired) electrons. The maximum absolute atomic E-state index is 12.4. The van der Waals surface area contributed by atoms with Crippen LogP contribution in [0.25, 0.3) is 0 Å². The minimum absolute atomic E-state index is 0.0210. The number of aromatic nitrogens is 11. The molecular weight excluding hydrogens is 1290 g/mol. The average molecular weight is 1370 g/mol. The Morgan fingerprint density at radius 3 is 1.06 bits per heavy atom. The molecule has 4 amide bonds. The molecule has 0 unspecified atom stereocenters. The zero-order valence-corrected chi connectivity index (χ0v) is 55.5. The largest absolute Gasteiger partial charge is 0.481 e. The fourth-order valence-electron chi connectivity index (χ4n) is 12.3. The van der Waals surface area contributed by atoms with Crippen LogP contribution in [-0.2, 0) is 83.5 Å². The van der Waals surface area contributed by atoms with Crippen LogP contribution in [0.3, 0.4) is 0 Å². The van der Waals surface area contributed by atoms with Crippen molar-refractivity contribution in [3.8, 4) is 0 Å². The molecule has 0 spiro atoms. The number of H-pyrrole nitrogens is 1. The third-order valence-electron chi connectivity index (χ3n) is 17.4. The van der Waals surface area contributed by atoms with Crippen LogP contribution in [0.1, 0.15) is 124 Å². The molecule has 0 saturated carbocycles. The topological polar surface area (TPSA) is 401 Å². The number of anilines is 4. The van der Waals surface area contributed by atoms with Crippen molar-refractivity contribution in [2.45, 2.75) is 115 Å². The van der Waals surface area contributed by atoms with E-state index in [1.165, 1.54) is 94.1 Å². The van der Waals surface area contributed by atoms with Crippen molar-refractivity contribution in [1.82, 2.24) is 76.1 Å². The lowest BCUT2D eigenvalue weighted by Gasteiger charge is -2.25. The molecule has 29 nitrogen and oxygen atoms in total. The molecule has 0 fully saturated rings. The predicted octanol–water partition coefficient (Wildman–Crippen LogP) is 5.63. The van der Waals surface area contributed by atoms with Crippen LogP contribution in [0.2, 0.25) is 0 Å². The Hall–Kier alpha value is -12.2. The van der Waals surface area contributed by atoms with E-state index in [1.807, 2.05) is 36.4 Å². The molecule has 4 aliphatic carbocycles. The second kappa shape index (κ2) is 34.4. The summed E-state index contributed by atoms with van der Waals surface area (Å²) in [5, 5.41) is 49.2. The molecule has 6 heterocycles. The van der Waals surface area contributed by atoms with Crippen LogP contribution in [0.5, 0.6) is 0 Å². The van der Waals surface area contributed by atoms with Crippen LogP contribution < -0.4 is 37.2 Å². The number of hydrogen-bond donors (Lipinski definition) is 10. The number of aromatic amines is 1. The van der Waals surface area contributed by atoms with Gasteiger partial charge in [0.25, 0.3) is 17.7 Å². The highest BCUT2D eigenvalue weighted by Crippen LogP contribution is 2.27. The quantitative estimate of drug-likeness (QED) is 0.0367. The monoisotopic (exact) mass is 1370 g/mol. The van der Waals surface area contributed by atoms with Crippen LogP contribution >= 0.6 is 0 Å². The smallest absolute Gasteiger partial charge is 0.338 e. The fourth-order valence-corrected chi connectivity index (χ4v) is 12.3. The lowest BCUT2D eigenvalue weighted by molar-refractivity contribution is -0.143. The van der Waals surface area contributed by atoms with E-state index in [0.717, 1.165) is 62.8 Å². The van der Waals surface area contributed by atoms with Gasteiger partial charge in [-0.2, -0.15) is 15.4 Å². The van der Waals surface area contributed by atoms with Crippen LogP contribution in [-0.4, -0.2) is 169 Å². The summed E-state index contributed by atoms with van der Waals surface area (Å²) in [7, 11) is 0. The minimum Gasteiger partial charge on any atom is -0.481 e. The third-order valence-corrected chi connectivity index (χ3v) is 17.4. The van der Waals surface area contributed by atoms with E-state index in [0.29, 0.717) is 66.6 Å². The molecule has 520 valence electrons. The van der Waals surface area contributed by atoms with Crippen LogP contribution in [0.4, 0.5) is 23.8 Å². The Balaban J connectivity index is 0.000000138. The van der Waals surface area contributed by atoms with E-state index < -0.39 is 11.9 Å². The van der Waals surface area contributed by atoms with Crippen molar-refractivity contribution in [2.24, 2.45) is 0 Å². The SMILES string of the molecule is CCOC(=O)CCNC(=O)c1cnc(NC2Cc3ccccc3C2)nc1.O=C(NCCC(=O)N1CCc2n[nH]nc2C1)c1cnc(NC2Cc3ccccc3C2)nc1.O=C(O)CCNC(=O)c1cnc(NC2Cc3ccccc3C2)nc1.O=C(O)c1cnc(NC2Cc3ccccc3C2)nc1. The zero-order valence-electron chi connectivity index (χ0n) is 55.5. The van der Waals surface area contributed by atoms with Gasteiger partial charge in [0.15, 0.2) is 0 Å². The molecule has 14 rings (SSSR count). The fraction of sp³-hybridized carbons (Fsp3) is 0.319. The van der Waals surface area contributed by atoms with E-state index in [2.05, 4.69) is 153 Å². The summed E-state index contributed by atoms with van der Waals surface area (Å²) in [6.45, 7) is 3.69. The molecule has 1 aliphatic heterocycles. The summed E-state index contributed by atoms with van der Waals surface area (Å²) in [6, 6.07) is 34.5. The number of aliphatic carboxylic acids is 1. The van der Waals surface area contributed by atoms with Gasteiger partial charge in [-0.3, -0.25) is 28.8 Å². The third kappa shape index (κ3) is 20.0. The number of ether oxygens (including phenoxy) is 1. The summed E-state index contributed by atoms with van der Waals surface area (Å²) < 4.78 is 4.81. The summed E-state index contributed by atoms with van der Waals surface area (Å²) in [5.74, 6) is -1.34. The normalized spacial score (nSPS) is 14.0. The molecule has 0 bridgehead atoms. The van der Waals surface area contributed by atoms with Crippen molar-refractivity contribution in [3.05, 3.63) is 225 Å². The van der Waals surface area contributed by atoms with Crippen molar-refractivity contribution in [2.75, 3.05) is 54.1 Å². The van der Waals surface area contributed by atoms with E-state index in [4.69, 9.17) is 14.9 Å². The Kier molecular flexibility index (Phi) is 23.9. The Labute approximate surface area is 581 Å². The first-order valence-corrected chi connectivity index (χ1v) is 33.4. The van der Waals surface area contributed by atoms with Crippen LogP contribution in [0, 0.1) is 0 Å². The molecule has 29 heteroatoms. The van der Waals surface area contributed by atoms with Gasteiger partial charge in [-0.25, -0.2) is 44.7 Å². The number of aromatic carboxylic acids is 1. The molecule has 101 heavy (non-hydrogen) atoms. The Morgan fingerprint density at radius 2 is 0.743 bits per heavy atom. The number of fused-ring (bicyclic) bond motifs is 5. The number of nitrogens with zero attached hydrogens (tertiary/aromatic N) is 11. The van der Waals surface area contributed by atoms with E-state index in [-0.39, 0.29) is 98.2 Å². The van der Waals surface area contributed by atoms with Gasteiger partial charge in [0.2, 0.25) is 29.7 Å². The molecule has 0 atom stereocenters. The molecule has 9 aromatic rings. The zero-order chi connectivity index (χ0) is 70.5. The molecule has 5 aromatic heterocycles. The molecule has 4 aromatic carbocycles. The second-order valence-corrected chi connectivity index (χ2v) is 24.6. The van der Waals surface area contributed by atoms with E-state index in [1.54, 1.807) is 11.8 Å². The summed E-state index contributed by atoms with van der Waals surface area (Å²) in [5.41, 5.74) is 13.6. The van der Waals surface area contributed by atoms with Gasteiger partial charge in [0.1, 0.15) is 5.69 Å². The van der Waals surface area contributed by atoms with E-state index >= 15 is 0 Å². The Morgan fingerprint density at radius 1 is 0.436 bits per heavy atom. The van der Waals surface area contributed by atoms with E-state index in [9.17, 15) is 33.6 Å². The van der Waals surface area contributed by atoms with Crippen LogP contribution in [0.15, 0.2) is 147 Å². The lowest BCUT2D eigenvalue weighted by atomic mass is 10.1. The van der Waals surface area contributed by atoms with Gasteiger partial charge in [-0.15, -0.1) is 0 Å². The predicted molar refractivity (Wildman–Crippen MR) is 371 cm³/mol. The first-order chi connectivity index (χ1) is 49.1. The highest BCUT2D eigenvalue weighted by molar-refractivity contribution is 5.95. The number of rotatable bonds is 22. The summed E-state index contributed by atoms with van der Waals surface area (Å²) in [4.78, 5) is 116. The van der Waals surface area contributed by atoms with Crippen molar-refractivity contribution in [1.29, 1.82) is 0 Å². The number of nitrogens with one attached hydrogen (secondary N) is 8.